The van der Waals surface area contributed by atoms with Crippen LogP contribution in [0.3, 0.4) is 0 Å². The number of anilines is 1. The quantitative estimate of drug-likeness (QED) is 0.851. The Morgan fingerprint density at radius 3 is 2.65 bits per heavy atom. The Morgan fingerprint density at radius 1 is 1.05 bits per heavy atom. The average molecular weight is 277 g/mol. The third-order valence-corrected chi connectivity index (χ3v) is 3.76. The number of halogens is 3. The Bertz CT molecular complexity index is 667. The van der Waals surface area contributed by atoms with Crippen molar-refractivity contribution >= 4 is 5.69 Å². The van der Waals surface area contributed by atoms with Crippen molar-refractivity contribution in [2.75, 3.05) is 5.32 Å². The highest BCUT2D eigenvalue weighted by atomic mass is 19.1. The van der Waals surface area contributed by atoms with Gasteiger partial charge in [0.15, 0.2) is 0 Å². The first-order chi connectivity index (χ1) is 9.54. The van der Waals surface area contributed by atoms with Crippen molar-refractivity contribution in [1.82, 2.24) is 0 Å². The van der Waals surface area contributed by atoms with Crippen LogP contribution in [-0.4, -0.2) is 0 Å². The van der Waals surface area contributed by atoms with Crippen molar-refractivity contribution in [1.29, 1.82) is 0 Å². The molecule has 0 saturated heterocycles. The van der Waals surface area contributed by atoms with Gasteiger partial charge in [-0.2, -0.15) is 0 Å². The molecular weight excluding hydrogens is 263 g/mol. The van der Waals surface area contributed by atoms with Gasteiger partial charge >= 0.3 is 0 Å². The Hall–Kier alpha value is -1.97. The van der Waals surface area contributed by atoms with Gasteiger partial charge in [-0.1, -0.05) is 6.07 Å². The first-order valence-corrected chi connectivity index (χ1v) is 6.55. The van der Waals surface area contributed by atoms with E-state index in [1.165, 1.54) is 31.2 Å². The van der Waals surface area contributed by atoms with Crippen LogP contribution in [0.15, 0.2) is 30.3 Å². The number of fused-ring (bicyclic) bond motifs is 1. The predicted octanol–water partition coefficient (Wildman–Crippen LogP) is 4.51. The third kappa shape index (κ3) is 2.26. The minimum Gasteiger partial charge on any atom is -0.376 e. The molecule has 1 aliphatic rings. The highest BCUT2D eigenvalue weighted by molar-refractivity contribution is 5.50. The summed E-state index contributed by atoms with van der Waals surface area (Å²) < 4.78 is 40.5. The third-order valence-electron chi connectivity index (χ3n) is 3.76. The summed E-state index contributed by atoms with van der Waals surface area (Å²) in [6.45, 7) is 1.52. The van der Waals surface area contributed by atoms with E-state index >= 15 is 0 Å². The van der Waals surface area contributed by atoms with E-state index in [0.29, 0.717) is 0 Å². The molecule has 1 aliphatic carbocycles. The molecule has 4 heteroatoms. The molecule has 1 atom stereocenters. The molecule has 20 heavy (non-hydrogen) atoms. The molecule has 1 N–H and O–H groups in total. The minimum atomic E-state index is -0.473. The van der Waals surface area contributed by atoms with Crippen LogP contribution in [0.25, 0.3) is 0 Å². The van der Waals surface area contributed by atoms with Gasteiger partial charge in [0.25, 0.3) is 0 Å². The first-order valence-electron chi connectivity index (χ1n) is 6.55. The van der Waals surface area contributed by atoms with E-state index in [9.17, 15) is 13.2 Å². The maximum Gasteiger partial charge on any atom is 0.146 e. The fourth-order valence-electron chi connectivity index (χ4n) is 2.68. The van der Waals surface area contributed by atoms with E-state index in [-0.39, 0.29) is 23.1 Å². The summed E-state index contributed by atoms with van der Waals surface area (Å²) in [5.74, 6) is -1.18. The van der Waals surface area contributed by atoms with Gasteiger partial charge in [0, 0.05) is 6.07 Å². The summed E-state index contributed by atoms with van der Waals surface area (Å²) in [7, 11) is 0. The van der Waals surface area contributed by atoms with Crippen molar-refractivity contribution in [2.24, 2.45) is 0 Å². The molecule has 0 heterocycles. The molecule has 0 radical (unpaired) electrons. The van der Waals surface area contributed by atoms with Gasteiger partial charge in [0.05, 0.1) is 11.7 Å². The minimum absolute atomic E-state index is 0.109. The fourth-order valence-corrected chi connectivity index (χ4v) is 2.68. The molecule has 1 nitrogen and oxygen atoms in total. The zero-order chi connectivity index (χ0) is 14.3. The number of nitrogens with one attached hydrogen (secondary N) is 1. The Balaban J connectivity index is 1.89. The predicted molar refractivity (Wildman–Crippen MR) is 72.2 cm³/mol. The molecule has 3 rings (SSSR count). The second kappa shape index (κ2) is 4.85. The van der Waals surface area contributed by atoms with Crippen molar-refractivity contribution in [3.63, 3.8) is 0 Å². The monoisotopic (exact) mass is 277 g/mol. The van der Waals surface area contributed by atoms with Crippen LogP contribution in [0.4, 0.5) is 18.9 Å². The van der Waals surface area contributed by atoms with E-state index < -0.39 is 11.6 Å². The lowest BCUT2D eigenvalue weighted by Crippen LogP contribution is -2.09. The summed E-state index contributed by atoms with van der Waals surface area (Å²) >= 11 is 0. The molecular formula is C16H14F3N. The largest absolute Gasteiger partial charge is 0.376 e. The summed E-state index contributed by atoms with van der Waals surface area (Å²) in [6.07, 6.45) is 1.48. The Morgan fingerprint density at radius 2 is 1.85 bits per heavy atom. The lowest BCUT2D eigenvalue weighted by Gasteiger charge is -2.16. The van der Waals surface area contributed by atoms with Crippen LogP contribution in [0.1, 0.15) is 29.2 Å². The van der Waals surface area contributed by atoms with E-state index in [0.717, 1.165) is 24.0 Å². The molecule has 0 fully saturated rings. The van der Waals surface area contributed by atoms with Crippen LogP contribution >= 0.6 is 0 Å². The standard InChI is InChI=1S/C16H14F3N/c1-9-6-14(19)16(8-13(9)18)20-15-5-2-10-7-11(17)3-4-12(10)15/h3-4,6-8,15,20H,2,5H2,1H3. The number of hydrogen-bond acceptors (Lipinski definition) is 1. The maximum atomic E-state index is 13.8. The van der Waals surface area contributed by atoms with Crippen LogP contribution < -0.4 is 5.32 Å². The van der Waals surface area contributed by atoms with Gasteiger partial charge < -0.3 is 5.32 Å². The molecule has 0 aromatic heterocycles. The van der Waals surface area contributed by atoms with Crippen LogP contribution in [0.2, 0.25) is 0 Å². The summed E-state index contributed by atoms with van der Waals surface area (Å²) in [5.41, 5.74) is 2.31. The second-order valence-electron chi connectivity index (χ2n) is 5.16. The molecule has 2 aromatic carbocycles. The molecule has 0 spiro atoms. The van der Waals surface area contributed by atoms with Gasteiger partial charge in [0.2, 0.25) is 0 Å². The van der Waals surface area contributed by atoms with Crippen molar-refractivity contribution in [3.8, 4) is 0 Å². The lowest BCUT2D eigenvalue weighted by molar-refractivity contribution is 0.591. The highest BCUT2D eigenvalue weighted by Gasteiger charge is 2.23. The second-order valence-corrected chi connectivity index (χ2v) is 5.16. The zero-order valence-corrected chi connectivity index (χ0v) is 11.0. The number of benzene rings is 2. The maximum absolute atomic E-state index is 13.8. The number of rotatable bonds is 2. The van der Waals surface area contributed by atoms with E-state index in [1.54, 1.807) is 6.07 Å². The van der Waals surface area contributed by atoms with Crippen molar-refractivity contribution in [3.05, 3.63) is 64.5 Å². The molecule has 0 saturated carbocycles. The average Bonchev–Trinajstić information content (AvgIpc) is 2.78. The molecule has 104 valence electrons. The van der Waals surface area contributed by atoms with E-state index in [1.807, 2.05) is 0 Å². The summed E-state index contributed by atoms with van der Waals surface area (Å²) in [4.78, 5) is 0. The van der Waals surface area contributed by atoms with Gasteiger partial charge in [-0.3, -0.25) is 0 Å². The number of aryl methyl sites for hydroxylation is 2. The Kier molecular flexibility index (Phi) is 3.16. The molecule has 0 amide bonds. The van der Waals surface area contributed by atoms with Crippen molar-refractivity contribution < 1.29 is 13.2 Å². The lowest BCUT2D eigenvalue weighted by atomic mass is 10.1. The van der Waals surface area contributed by atoms with Gasteiger partial charge in [-0.25, -0.2) is 13.2 Å². The van der Waals surface area contributed by atoms with Crippen LogP contribution in [0.5, 0.6) is 0 Å². The van der Waals surface area contributed by atoms with E-state index in [2.05, 4.69) is 5.32 Å². The highest BCUT2D eigenvalue weighted by Crippen LogP contribution is 2.35. The molecule has 0 aliphatic heterocycles. The van der Waals surface area contributed by atoms with Gasteiger partial charge in [-0.05, 0) is 54.7 Å². The van der Waals surface area contributed by atoms with Crippen LogP contribution in [0, 0.1) is 24.4 Å². The van der Waals surface area contributed by atoms with Crippen molar-refractivity contribution in [2.45, 2.75) is 25.8 Å². The SMILES string of the molecule is Cc1cc(F)c(NC2CCc3cc(F)ccc32)cc1F. The fraction of sp³-hybridized carbons (Fsp3) is 0.250. The van der Waals surface area contributed by atoms with E-state index in [4.69, 9.17) is 0 Å². The van der Waals surface area contributed by atoms with Gasteiger partial charge in [-0.15, -0.1) is 0 Å². The molecule has 2 aromatic rings. The van der Waals surface area contributed by atoms with Crippen LogP contribution in [-0.2, 0) is 6.42 Å². The zero-order valence-electron chi connectivity index (χ0n) is 11.0. The molecule has 1 unspecified atom stereocenters. The molecule has 0 bridgehead atoms. The van der Waals surface area contributed by atoms with Gasteiger partial charge in [0.1, 0.15) is 17.5 Å². The smallest absolute Gasteiger partial charge is 0.146 e. The summed E-state index contributed by atoms with van der Waals surface area (Å²) in [6, 6.07) is 6.85. The number of hydrogen-bond donors (Lipinski definition) is 1. The summed E-state index contributed by atoms with van der Waals surface area (Å²) in [5, 5.41) is 3.02. The first kappa shape index (κ1) is 13.0. The normalized spacial score (nSPS) is 17.1. The topological polar surface area (TPSA) is 12.0 Å². The Labute approximate surface area is 115 Å².